The SMILES string of the molecule is COC(=O)c1cc(Br)c(C(F)(F)F)cc1Cl. The number of carbonyl (C=O) groups is 1. The number of hydrogen-bond acceptors (Lipinski definition) is 2. The Morgan fingerprint density at radius 2 is 2.00 bits per heavy atom. The first-order valence-electron chi connectivity index (χ1n) is 3.92. The van der Waals surface area contributed by atoms with Gasteiger partial charge in [0.15, 0.2) is 0 Å². The molecular weight excluding hydrogens is 312 g/mol. The van der Waals surface area contributed by atoms with Crippen LogP contribution in [0, 0.1) is 0 Å². The van der Waals surface area contributed by atoms with Crippen molar-refractivity contribution in [2.24, 2.45) is 0 Å². The molecule has 0 amide bonds. The molecule has 0 aliphatic rings. The molecule has 2 nitrogen and oxygen atoms in total. The normalized spacial score (nSPS) is 11.4. The van der Waals surface area contributed by atoms with Gasteiger partial charge in [0, 0.05) is 4.47 Å². The topological polar surface area (TPSA) is 26.3 Å². The van der Waals surface area contributed by atoms with Crippen LogP contribution in [0.3, 0.4) is 0 Å². The van der Waals surface area contributed by atoms with Gasteiger partial charge < -0.3 is 4.74 Å². The summed E-state index contributed by atoms with van der Waals surface area (Å²) in [4.78, 5) is 11.1. The molecule has 0 aromatic heterocycles. The Hall–Kier alpha value is -0.750. The van der Waals surface area contributed by atoms with Crippen molar-refractivity contribution in [1.29, 1.82) is 0 Å². The Labute approximate surface area is 102 Å². The Morgan fingerprint density at radius 1 is 1.44 bits per heavy atom. The highest BCUT2D eigenvalue weighted by molar-refractivity contribution is 9.10. The van der Waals surface area contributed by atoms with Crippen LogP contribution in [0.4, 0.5) is 13.2 Å². The number of halogens is 5. The van der Waals surface area contributed by atoms with Gasteiger partial charge in [0.05, 0.1) is 23.3 Å². The molecule has 1 rings (SSSR count). The predicted molar refractivity (Wildman–Crippen MR) is 55.5 cm³/mol. The minimum Gasteiger partial charge on any atom is -0.465 e. The lowest BCUT2D eigenvalue weighted by Crippen LogP contribution is -2.09. The van der Waals surface area contributed by atoms with Crippen LogP contribution in [-0.4, -0.2) is 13.1 Å². The van der Waals surface area contributed by atoms with E-state index >= 15 is 0 Å². The van der Waals surface area contributed by atoms with E-state index in [1.807, 2.05) is 0 Å². The van der Waals surface area contributed by atoms with Crippen molar-refractivity contribution in [3.63, 3.8) is 0 Å². The standard InChI is InChI=1S/C9H5BrClF3O2/c1-16-8(15)4-2-6(10)5(3-7(4)11)9(12,13)14/h2-3H,1H3. The van der Waals surface area contributed by atoms with Crippen LogP contribution in [0.5, 0.6) is 0 Å². The van der Waals surface area contributed by atoms with Crippen LogP contribution in [0.25, 0.3) is 0 Å². The Bertz CT molecular complexity index is 431. The fourth-order valence-corrected chi connectivity index (χ4v) is 1.84. The van der Waals surface area contributed by atoms with Gasteiger partial charge in [0.25, 0.3) is 0 Å². The summed E-state index contributed by atoms with van der Waals surface area (Å²) >= 11 is 8.29. The third-order valence-electron chi connectivity index (χ3n) is 1.77. The first-order chi connectivity index (χ1) is 7.27. The van der Waals surface area contributed by atoms with Gasteiger partial charge in [-0.25, -0.2) is 4.79 Å². The summed E-state index contributed by atoms with van der Waals surface area (Å²) in [6.45, 7) is 0. The van der Waals surface area contributed by atoms with Crippen LogP contribution < -0.4 is 0 Å². The molecule has 16 heavy (non-hydrogen) atoms. The van der Waals surface area contributed by atoms with Crippen LogP contribution in [0.1, 0.15) is 15.9 Å². The minimum atomic E-state index is -4.53. The fraction of sp³-hybridized carbons (Fsp3) is 0.222. The van der Waals surface area contributed by atoms with E-state index in [0.29, 0.717) is 6.07 Å². The summed E-state index contributed by atoms with van der Waals surface area (Å²) < 4.78 is 41.4. The van der Waals surface area contributed by atoms with Crippen molar-refractivity contribution in [3.05, 3.63) is 32.8 Å². The molecule has 0 unspecified atom stereocenters. The van der Waals surface area contributed by atoms with E-state index in [-0.39, 0.29) is 15.1 Å². The molecule has 0 radical (unpaired) electrons. The third kappa shape index (κ3) is 2.68. The first-order valence-corrected chi connectivity index (χ1v) is 5.09. The highest BCUT2D eigenvalue weighted by atomic mass is 79.9. The second kappa shape index (κ2) is 4.63. The molecule has 88 valence electrons. The summed E-state index contributed by atoms with van der Waals surface area (Å²) in [5.41, 5.74) is -1.06. The lowest BCUT2D eigenvalue weighted by molar-refractivity contribution is -0.138. The van der Waals surface area contributed by atoms with Crippen molar-refractivity contribution >= 4 is 33.5 Å². The van der Waals surface area contributed by atoms with Gasteiger partial charge in [0.2, 0.25) is 0 Å². The maximum absolute atomic E-state index is 12.4. The average molecular weight is 317 g/mol. The molecule has 1 aromatic rings. The molecule has 0 saturated carbocycles. The van der Waals surface area contributed by atoms with Gasteiger partial charge in [-0.05, 0) is 12.1 Å². The minimum absolute atomic E-state index is 0.121. The molecule has 0 aliphatic carbocycles. The van der Waals surface area contributed by atoms with Crippen molar-refractivity contribution in [2.45, 2.75) is 6.18 Å². The summed E-state index contributed by atoms with van der Waals surface area (Å²) in [6.07, 6.45) is -4.53. The predicted octanol–water partition coefficient (Wildman–Crippen LogP) is 3.91. The van der Waals surface area contributed by atoms with Crippen LogP contribution in [0.15, 0.2) is 16.6 Å². The molecule has 0 aliphatic heterocycles. The summed E-state index contributed by atoms with van der Waals surface area (Å²) in [5, 5.41) is -0.303. The van der Waals surface area contributed by atoms with Gasteiger partial charge in [-0.1, -0.05) is 27.5 Å². The lowest BCUT2D eigenvalue weighted by Gasteiger charge is -2.11. The fourth-order valence-electron chi connectivity index (χ4n) is 1.03. The van der Waals surface area contributed by atoms with Crippen LogP contribution in [0.2, 0.25) is 5.02 Å². The zero-order valence-electron chi connectivity index (χ0n) is 7.86. The Kier molecular flexibility index (Phi) is 3.85. The van der Waals surface area contributed by atoms with E-state index in [0.717, 1.165) is 13.2 Å². The van der Waals surface area contributed by atoms with Crippen molar-refractivity contribution in [3.8, 4) is 0 Å². The van der Waals surface area contributed by atoms with E-state index in [1.54, 1.807) is 0 Å². The maximum Gasteiger partial charge on any atom is 0.417 e. The van der Waals surface area contributed by atoms with E-state index in [1.165, 1.54) is 0 Å². The zero-order valence-corrected chi connectivity index (χ0v) is 10.2. The quantitative estimate of drug-likeness (QED) is 0.734. The molecule has 0 bridgehead atoms. The van der Waals surface area contributed by atoms with Gasteiger partial charge in [0.1, 0.15) is 0 Å². The summed E-state index contributed by atoms with van der Waals surface area (Å²) in [5.74, 6) is -0.792. The van der Waals surface area contributed by atoms with E-state index in [4.69, 9.17) is 11.6 Å². The molecule has 7 heteroatoms. The number of methoxy groups -OCH3 is 1. The zero-order chi connectivity index (χ0) is 12.5. The largest absolute Gasteiger partial charge is 0.465 e. The van der Waals surface area contributed by atoms with Crippen molar-refractivity contribution in [1.82, 2.24) is 0 Å². The highest BCUT2D eigenvalue weighted by Crippen LogP contribution is 2.37. The number of carbonyl (C=O) groups excluding carboxylic acids is 1. The molecular formula is C9H5BrClF3O2. The number of rotatable bonds is 1. The summed E-state index contributed by atoms with van der Waals surface area (Å²) in [7, 11) is 1.12. The molecule has 0 saturated heterocycles. The molecule has 0 atom stereocenters. The average Bonchev–Trinajstić information content (AvgIpc) is 2.18. The molecule has 0 fully saturated rings. The number of alkyl halides is 3. The van der Waals surface area contributed by atoms with E-state index in [9.17, 15) is 18.0 Å². The second-order valence-corrected chi connectivity index (χ2v) is 4.06. The Balaban J connectivity index is 3.33. The molecule has 0 spiro atoms. The van der Waals surface area contributed by atoms with Crippen LogP contribution >= 0.6 is 27.5 Å². The lowest BCUT2D eigenvalue weighted by atomic mass is 10.1. The smallest absolute Gasteiger partial charge is 0.417 e. The van der Waals surface area contributed by atoms with Crippen LogP contribution in [-0.2, 0) is 10.9 Å². The second-order valence-electron chi connectivity index (χ2n) is 2.80. The highest BCUT2D eigenvalue weighted by Gasteiger charge is 2.34. The molecule has 0 heterocycles. The van der Waals surface area contributed by atoms with Gasteiger partial charge in [-0.15, -0.1) is 0 Å². The maximum atomic E-state index is 12.4. The molecule has 0 N–H and O–H groups in total. The Morgan fingerprint density at radius 3 is 2.44 bits per heavy atom. The van der Waals surface area contributed by atoms with Crippen molar-refractivity contribution < 1.29 is 22.7 Å². The number of ether oxygens (including phenoxy) is 1. The van der Waals surface area contributed by atoms with E-state index in [2.05, 4.69) is 20.7 Å². The van der Waals surface area contributed by atoms with Gasteiger partial charge >= 0.3 is 12.1 Å². The molecule has 1 aromatic carbocycles. The summed E-state index contributed by atoms with van der Waals surface area (Å²) in [6, 6.07) is 1.66. The van der Waals surface area contributed by atoms with Gasteiger partial charge in [-0.3, -0.25) is 0 Å². The monoisotopic (exact) mass is 316 g/mol. The van der Waals surface area contributed by atoms with E-state index < -0.39 is 17.7 Å². The van der Waals surface area contributed by atoms with Gasteiger partial charge in [-0.2, -0.15) is 13.2 Å². The number of esters is 1. The number of benzene rings is 1. The number of hydrogen-bond donors (Lipinski definition) is 0. The van der Waals surface area contributed by atoms with Crippen molar-refractivity contribution in [2.75, 3.05) is 7.11 Å². The first kappa shape index (κ1) is 13.3. The third-order valence-corrected chi connectivity index (χ3v) is 2.74.